The molecule has 2 N–H and O–H groups in total. The first kappa shape index (κ1) is 37.9. The normalized spacial score (nSPS) is 24.5. The zero-order valence-electron chi connectivity index (χ0n) is 27.2. The number of piperidine rings is 2. The molecule has 4 aliphatic heterocycles. The Balaban J connectivity index is 0.976. The van der Waals surface area contributed by atoms with Crippen LogP contribution in [0.3, 0.4) is 0 Å². The molecule has 6 heterocycles. The second-order valence-corrected chi connectivity index (χ2v) is 19.4. The van der Waals surface area contributed by atoms with Crippen molar-refractivity contribution in [2.45, 2.75) is 56.3 Å². The van der Waals surface area contributed by atoms with Gasteiger partial charge in [-0.05, 0) is 68.5 Å². The van der Waals surface area contributed by atoms with Crippen molar-refractivity contribution in [3.05, 3.63) is 53.5 Å². The van der Waals surface area contributed by atoms with E-state index in [1.165, 1.54) is 44.6 Å². The van der Waals surface area contributed by atoms with Crippen LogP contribution in [0.15, 0.2) is 35.1 Å². The lowest BCUT2D eigenvalue weighted by molar-refractivity contribution is -0.147. The van der Waals surface area contributed by atoms with Crippen LogP contribution in [-0.4, -0.2) is 123 Å². The molecular formula is C31H36Cl2N6O8S4. The van der Waals surface area contributed by atoms with Gasteiger partial charge >= 0.3 is 0 Å². The summed E-state index contributed by atoms with van der Waals surface area (Å²) in [5.41, 5.74) is 0. The number of piperazine rings is 1. The molecule has 0 aromatic carbocycles. The minimum absolute atomic E-state index is 0.201. The predicted molar refractivity (Wildman–Crippen MR) is 196 cm³/mol. The van der Waals surface area contributed by atoms with Gasteiger partial charge in [-0.15, -0.1) is 22.7 Å². The van der Waals surface area contributed by atoms with Crippen LogP contribution in [0.1, 0.15) is 41.9 Å². The van der Waals surface area contributed by atoms with E-state index in [2.05, 4.69) is 9.44 Å². The van der Waals surface area contributed by atoms with E-state index in [0.29, 0.717) is 63.6 Å². The number of thiophene rings is 2. The number of hydrogen-bond acceptors (Lipinski definition) is 10. The maximum absolute atomic E-state index is 13.4. The molecule has 276 valence electrons. The highest BCUT2D eigenvalue weighted by Gasteiger charge is 2.48. The van der Waals surface area contributed by atoms with Gasteiger partial charge in [0.25, 0.3) is 0 Å². The molecule has 0 aliphatic carbocycles. The van der Waals surface area contributed by atoms with Crippen LogP contribution >= 0.6 is 45.9 Å². The second-order valence-electron chi connectivity index (χ2n) is 12.8. The van der Waals surface area contributed by atoms with Crippen molar-refractivity contribution in [1.29, 1.82) is 0 Å². The minimum Gasteiger partial charge on any atom is -0.334 e. The van der Waals surface area contributed by atoms with Crippen LogP contribution in [-0.2, 0) is 39.2 Å². The summed E-state index contributed by atoms with van der Waals surface area (Å²) in [4.78, 5) is 60.5. The second kappa shape index (κ2) is 15.6. The lowest BCUT2D eigenvalue weighted by Crippen LogP contribution is -2.58. The van der Waals surface area contributed by atoms with Crippen molar-refractivity contribution in [3.63, 3.8) is 0 Å². The lowest BCUT2D eigenvalue weighted by atomic mass is 10.1. The van der Waals surface area contributed by atoms with Gasteiger partial charge in [-0.1, -0.05) is 23.2 Å². The number of nitrogens with zero attached hydrogens (tertiary/aromatic N) is 4. The Kier molecular flexibility index (Phi) is 11.6. The molecule has 2 aromatic heterocycles. The zero-order valence-corrected chi connectivity index (χ0v) is 31.9. The molecule has 2 aromatic rings. The Morgan fingerprint density at radius 2 is 1.14 bits per heavy atom. The molecular weight excluding hydrogens is 784 g/mol. The first-order chi connectivity index (χ1) is 24.2. The van der Waals surface area contributed by atoms with Crippen molar-refractivity contribution >= 4 is 102 Å². The number of fused-ring (bicyclic) bond motifs is 2. The molecule has 14 nitrogen and oxygen atoms in total. The van der Waals surface area contributed by atoms with E-state index < -0.39 is 43.9 Å². The van der Waals surface area contributed by atoms with Gasteiger partial charge in [0.1, 0.15) is 12.1 Å². The van der Waals surface area contributed by atoms with E-state index >= 15 is 0 Å². The molecule has 0 spiro atoms. The number of likely N-dealkylation sites (tertiary alicyclic amines) is 4. The van der Waals surface area contributed by atoms with Gasteiger partial charge in [0.15, 0.2) is 0 Å². The van der Waals surface area contributed by atoms with Gasteiger partial charge in [0.05, 0.1) is 33.8 Å². The number of sulfonamides is 2. The van der Waals surface area contributed by atoms with Crippen molar-refractivity contribution < 1.29 is 36.0 Å². The highest BCUT2D eigenvalue weighted by Crippen LogP contribution is 2.32. The Hall–Kier alpha value is -2.84. The quantitative estimate of drug-likeness (QED) is 0.329. The van der Waals surface area contributed by atoms with Crippen LogP contribution in [0, 0.1) is 0 Å². The number of nitrogens with one attached hydrogen (secondary N) is 2. The van der Waals surface area contributed by atoms with Gasteiger partial charge in [-0.25, -0.2) is 16.8 Å². The Morgan fingerprint density at radius 3 is 1.49 bits per heavy atom. The summed E-state index contributed by atoms with van der Waals surface area (Å²) in [5.74, 6) is -1.50. The fourth-order valence-electron chi connectivity index (χ4n) is 6.82. The highest BCUT2D eigenvalue weighted by molar-refractivity contribution is 7.92. The van der Waals surface area contributed by atoms with Crippen LogP contribution in [0.5, 0.6) is 0 Å². The summed E-state index contributed by atoms with van der Waals surface area (Å²) in [7, 11) is -7.87. The molecule has 2 bridgehead atoms. The number of amides is 4. The standard InChI is InChI=1S/C31H36Cl2N6O8S4/c32-26-7-5-22(48-26)9-13-50(44,45)34-24-3-1-11-36(30(24)42)18-28(40)38-16-21-15-20(38)17-39(21)29(41)19-37-12-2-4-25(31(37)43)35-51(46,47)14-10-23-6-8-27(33)49-23/h5-10,13-14,20-21,24-25,34-35H,1-4,11-12,15-19H2/b13-9+,14-10+/t20-,21-,24+,25+/m1/s1. The fourth-order valence-corrected chi connectivity index (χ4v) is 11.0. The number of hydrogen-bond donors (Lipinski definition) is 2. The number of carbonyl (C=O) groups excluding carboxylic acids is 4. The first-order valence-electron chi connectivity index (χ1n) is 16.2. The van der Waals surface area contributed by atoms with E-state index in [1.54, 1.807) is 34.1 Å². The number of halogens is 2. The Labute approximate surface area is 314 Å². The summed E-state index contributed by atoms with van der Waals surface area (Å²) >= 11 is 14.2. The average Bonchev–Trinajstić information content (AvgIpc) is 3.88. The smallest absolute Gasteiger partial charge is 0.242 e. The van der Waals surface area contributed by atoms with Gasteiger partial charge < -0.3 is 19.6 Å². The van der Waals surface area contributed by atoms with Crippen molar-refractivity contribution in [2.24, 2.45) is 0 Å². The summed E-state index contributed by atoms with van der Waals surface area (Å²) in [6.07, 6.45) is 5.02. The Morgan fingerprint density at radius 1 is 0.725 bits per heavy atom. The van der Waals surface area contributed by atoms with Crippen molar-refractivity contribution in [1.82, 2.24) is 29.0 Å². The molecule has 0 saturated carbocycles. The third-order valence-electron chi connectivity index (χ3n) is 9.22. The van der Waals surface area contributed by atoms with Gasteiger partial charge in [0.2, 0.25) is 43.7 Å². The summed E-state index contributed by atoms with van der Waals surface area (Å²) in [6.45, 7) is 0.798. The van der Waals surface area contributed by atoms with Crippen molar-refractivity contribution in [3.8, 4) is 0 Å². The maximum atomic E-state index is 13.4. The molecule has 4 atom stereocenters. The summed E-state index contributed by atoms with van der Waals surface area (Å²) < 4.78 is 56.5. The van der Waals surface area contributed by atoms with E-state index in [4.69, 9.17) is 23.2 Å². The van der Waals surface area contributed by atoms with E-state index in [1.807, 2.05) is 0 Å². The average molecular weight is 820 g/mol. The molecule has 0 unspecified atom stereocenters. The molecule has 20 heteroatoms. The van der Waals surface area contributed by atoms with Crippen LogP contribution in [0.4, 0.5) is 0 Å². The topological polar surface area (TPSA) is 174 Å². The summed E-state index contributed by atoms with van der Waals surface area (Å²) in [6, 6.07) is 4.18. The third kappa shape index (κ3) is 9.40. The van der Waals surface area contributed by atoms with E-state index in [-0.39, 0.29) is 50.1 Å². The SMILES string of the molecule is O=C1[C@@H](NS(=O)(=O)/C=C/c2ccc(Cl)s2)CCCN1CC(=O)N1C[C@H]2C[C@@H]1CN2C(=O)CN1CCC[C@H](NS(=O)(=O)/C=C/c2ccc(Cl)s2)C1=O. The minimum atomic E-state index is -3.94. The van der Waals surface area contributed by atoms with Crippen molar-refractivity contribution in [2.75, 3.05) is 39.3 Å². The molecule has 0 radical (unpaired) electrons. The van der Waals surface area contributed by atoms with Gasteiger partial charge in [-0.3, -0.25) is 19.2 Å². The zero-order chi connectivity index (χ0) is 36.5. The number of carbonyl (C=O) groups is 4. The van der Waals surface area contributed by atoms with Gasteiger partial charge in [-0.2, -0.15) is 9.44 Å². The largest absolute Gasteiger partial charge is 0.334 e. The van der Waals surface area contributed by atoms with E-state index in [0.717, 1.165) is 10.8 Å². The maximum Gasteiger partial charge on any atom is 0.242 e. The van der Waals surface area contributed by atoms with E-state index in [9.17, 15) is 36.0 Å². The molecule has 4 fully saturated rings. The third-order valence-corrected chi connectivity index (χ3v) is 13.8. The Bertz CT molecular complexity index is 1830. The predicted octanol–water partition coefficient (Wildman–Crippen LogP) is 2.39. The molecule has 4 amide bonds. The van der Waals surface area contributed by atoms with Crippen LogP contribution in [0.25, 0.3) is 12.2 Å². The summed E-state index contributed by atoms with van der Waals surface area (Å²) in [5, 5.41) is 1.98. The molecule has 4 aliphatic rings. The van der Waals surface area contributed by atoms with Gasteiger partial charge in [0, 0.05) is 46.7 Å². The molecule has 51 heavy (non-hydrogen) atoms. The monoisotopic (exact) mass is 818 g/mol. The number of rotatable bonds is 12. The van der Waals surface area contributed by atoms with Crippen LogP contribution in [0.2, 0.25) is 8.67 Å². The molecule has 6 rings (SSSR count). The van der Waals surface area contributed by atoms with Crippen LogP contribution < -0.4 is 9.44 Å². The lowest BCUT2D eigenvalue weighted by Gasteiger charge is -2.38. The fraction of sp³-hybridized carbons (Fsp3) is 0.484. The molecule has 4 saturated heterocycles. The first-order valence-corrected chi connectivity index (χ1v) is 21.7. The highest BCUT2D eigenvalue weighted by atomic mass is 35.5.